The monoisotopic (exact) mass is 293 g/mol. The number of hydrogen-bond acceptors (Lipinski definition) is 2. The maximum absolute atomic E-state index is 13.0. The van der Waals surface area contributed by atoms with Crippen molar-refractivity contribution in [2.45, 2.75) is 26.5 Å². The van der Waals surface area contributed by atoms with E-state index in [4.69, 9.17) is 22.1 Å². The molecule has 2 nitrogen and oxygen atoms in total. The summed E-state index contributed by atoms with van der Waals surface area (Å²) >= 11 is 5.98. The zero-order valence-corrected chi connectivity index (χ0v) is 12.2. The number of halogens is 2. The third kappa shape index (κ3) is 3.50. The van der Waals surface area contributed by atoms with Crippen LogP contribution in [-0.4, -0.2) is 0 Å². The largest absolute Gasteiger partial charge is 0.488 e. The quantitative estimate of drug-likeness (QED) is 0.907. The van der Waals surface area contributed by atoms with Crippen LogP contribution in [0.15, 0.2) is 36.4 Å². The minimum atomic E-state index is -0.356. The average Bonchev–Trinajstić information content (AvgIpc) is 2.37. The first kappa shape index (κ1) is 14.8. The van der Waals surface area contributed by atoms with Crippen LogP contribution in [0.25, 0.3) is 0 Å². The van der Waals surface area contributed by atoms with Crippen LogP contribution < -0.4 is 10.5 Å². The van der Waals surface area contributed by atoms with Gasteiger partial charge in [0.25, 0.3) is 0 Å². The van der Waals surface area contributed by atoms with Gasteiger partial charge in [-0.05, 0) is 37.6 Å². The van der Waals surface area contributed by atoms with Crippen molar-refractivity contribution in [2.75, 3.05) is 0 Å². The molecule has 2 rings (SSSR count). The van der Waals surface area contributed by atoms with E-state index in [0.717, 1.165) is 22.4 Å². The fraction of sp³-hybridized carbons (Fsp3) is 0.250. The van der Waals surface area contributed by atoms with Crippen molar-refractivity contribution in [1.82, 2.24) is 0 Å². The molecule has 0 saturated carbocycles. The predicted octanol–water partition coefficient (Wildman–Crippen LogP) is 4.39. The van der Waals surface area contributed by atoms with Crippen LogP contribution in [0.1, 0.15) is 29.7 Å². The second-order valence-electron chi connectivity index (χ2n) is 4.85. The Morgan fingerprint density at radius 2 is 2.00 bits per heavy atom. The number of benzene rings is 2. The van der Waals surface area contributed by atoms with Crippen LogP contribution >= 0.6 is 11.6 Å². The molecule has 0 radical (unpaired) electrons. The molecule has 2 aromatic carbocycles. The maximum Gasteiger partial charge on any atom is 0.124 e. The number of hydrogen-bond donors (Lipinski definition) is 1. The predicted molar refractivity (Wildman–Crippen MR) is 79.5 cm³/mol. The molecule has 0 amide bonds. The number of rotatable bonds is 4. The normalized spacial score (nSPS) is 12.2. The van der Waals surface area contributed by atoms with Crippen LogP contribution in [0.4, 0.5) is 4.39 Å². The highest BCUT2D eigenvalue weighted by Gasteiger charge is 2.10. The lowest BCUT2D eigenvalue weighted by Crippen LogP contribution is -2.08. The zero-order chi connectivity index (χ0) is 14.7. The molecule has 0 aromatic heterocycles. The third-order valence-corrected chi connectivity index (χ3v) is 3.41. The van der Waals surface area contributed by atoms with Crippen LogP contribution in [0, 0.1) is 12.7 Å². The van der Waals surface area contributed by atoms with E-state index in [1.165, 1.54) is 12.1 Å². The van der Waals surface area contributed by atoms with Crippen LogP contribution in [0.3, 0.4) is 0 Å². The summed E-state index contributed by atoms with van der Waals surface area (Å²) < 4.78 is 18.8. The topological polar surface area (TPSA) is 35.2 Å². The minimum absolute atomic E-state index is 0.116. The lowest BCUT2D eigenvalue weighted by Gasteiger charge is -2.15. The molecule has 106 valence electrons. The van der Waals surface area contributed by atoms with Gasteiger partial charge in [0.15, 0.2) is 0 Å². The highest BCUT2D eigenvalue weighted by molar-refractivity contribution is 6.31. The molecule has 4 heteroatoms. The molecule has 0 aliphatic carbocycles. The van der Waals surface area contributed by atoms with Crippen LogP contribution in [-0.2, 0) is 6.61 Å². The van der Waals surface area contributed by atoms with E-state index in [2.05, 4.69) is 0 Å². The Hall–Kier alpha value is -1.58. The van der Waals surface area contributed by atoms with Crippen molar-refractivity contribution < 1.29 is 9.13 Å². The van der Waals surface area contributed by atoms with Crippen molar-refractivity contribution in [3.8, 4) is 5.75 Å². The van der Waals surface area contributed by atoms with Gasteiger partial charge in [0.1, 0.15) is 18.2 Å². The summed E-state index contributed by atoms with van der Waals surface area (Å²) in [4.78, 5) is 0. The summed E-state index contributed by atoms with van der Waals surface area (Å²) in [5.41, 5.74) is 8.70. The molecule has 0 bridgehead atoms. The first-order valence-corrected chi connectivity index (χ1v) is 6.78. The van der Waals surface area contributed by atoms with Gasteiger partial charge < -0.3 is 10.5 Å². The molecular weight excluding hydrogens is 277 g/mol. The van der Waals surface area contributed by atoms with E-state index in [-0.39, 0.29) is 18.5 Å². The Kier molecular flexibility index (Phi) is 4.63. The molecule has 2 aromatic rings. The summed E-state index contributed by atoms with van der Waals surface area (Å²) in [7, 11) is 0. The van der Waals surface area contributed by atoms with Crippen LogP contribution in [0.2, 0.25) is 5.02 Å². The highest BCUT2D eigenvalue weighted by atomic mass is 35.5. The Balaban J connectivity index is 2.20. The van der Waals surface area contributed by atoms with Crippen molar-refractivity contribution >= 4 is 11.6 Å². The van der Waals surface area contributed by atoms with E-state index in [1.54, 1.807) is 6.07 Å². The Labute approximate surface area is 123 Å². The van der Waals surface area contributed by atoms with E-state index < -0.39 is 0 Å². The van der Waals surface area contributed by atoms with Gasteiger partial charge in [-0.15, -0.1) is 0 Å². The smallest absolute Gasteiger partial charge is 0.124 e. The Morgan fingerprint density at radius 3 is 2.65 bits per heavy atom. The standard InChI is InChI=1S/C16H17ClFNO/c1-10-3-6-14(11(2)19)16(7-10)20-9-12-4-5-13(18)8-15(12)17/h3-8,11H,9,19H2,1-2H3/t11-/m0/s1. The van der Waals surface area contributed by atoms with Gasteiger partial charge >= 0.3 is 0 Å². The Morgan fingerprint density at radius 1 is 1.25 bits per heavy atom. The fourth-order valence-electron chi connectivity index (χ4n) is 1.94. The molecular formula is C16H17ClFNO. The van der Waals surface area contributed by atoms with Gasteiger partial charge in [0.2, 0.25) is 0 Å². The van der Waals surface area contributed by atoms with Crippen molar-refractivity contribution in [3.05, 3.63) is 63.9 Å². The van der Waals surface area contributed by atoms with Gasteiger partial charge in [-0.1, -0.05) is 29.8 Å². The van der Waals surface area contributed by atoms with E-state index in [1.807, 2.05) is 32.0 Å². The summed E-state index contributed by atoms with van der Waals surface area (Å²) in [5, 5.41) is 0.361. The molecule has 0 fully saturated rings. The molecule has 1 atom stereocenters. The van der Waals surface area contributed by atoms with E-state index >= 15 is 0 Å². The molecule has 0 heterocycles. The third-order valence-electron chi connectivity index (χ3n) is 3.06. The molecule has 0 unspecified atom stereocenters. The van der Waals surface area contributed by atoms with E-state index in [9.17, 15) is 4.39 Å². The summed E-state index contributed by atoms with van der Waals surface area (Å²) in [6, 6.07) is 10.1. The number of nitrogens with two attached hydrogens (primary N) is 1. The first-order chi connectivity index (χ1) is 9.47. The molecule has 20 heavy (non-hydrogen) atoms. The van der Waals surface area contributed by atoms with Crippen molar-refractivity contribution in [2.24, 2.45) is 5.73 Å². The SMILES string of the molecule is Cc1ccc([C@H](C)N)c(OCc2ccc(F)cc2Cl)c1. The molecule has 0 saturated heterocycles. The van der Waals surface area contributed by atoms with Gasteiger partial charge in [0.05, 0.1) is 5.02 Å². The second-order valence-corrected chi connectivity index (χ2v) is 5.26. The average molecular weight is 294 g/mol. The molecule has 0 aliphatic heterocycles. The van der Waals surface area contributed by atoms with Gasteiger partial charge in [-0.2, -0.15) is 0 Å². The van der Waals surface area contributed by atoms with Crippen molar-refractivity contribution in [1.29, 1.82) is 0 Å². The first-order valence-electron chi connectivity index (χ1n) is 6.40. The lowest BCUT2D eigenvalue weighted by molar-refractivity contribution is 0.301. The van der Waals surface area contributed by atoms with Crippen molar-refractivity contribution in [3.63, 3.8) is 0 Å². The number of ether oxygens (including phenoxy) is 1. The minimum Gasteiger partial charge on any atom is -0.488 e. The maximum atomic E-state index is 13.0. The fourth-order valence-corrected chi connectivity index (χ4v) is 2.16. The Bertz CT molecular complexity index is 613. The lowest BCUT2D eigenvalue weighted by atomic mass is 10.1. The summed E-state index contributed by atoms with van der Waals surface area (Å²) in [5.74, 6) is 0.381. The summed E-state index contributed by atoms with van der Waals surface area (Å²) in [6.45, 7) is 4.17. The summed E-state index contributed by atoms with van der Waals surface area (Å²) in [6.07, 6.45) is 0. The van der Waals surface area contributed by atoms with Crippen LogP contribution in [0.5, 0.6) is 5.75 Å². The van der Waals surface area contributed by atoms with Gasteiger partial charge in [0, 0.05) is 17.2 Å². The van der Waals surface area contributed by atoms with E-state index in [0.29, 0.717) is 5.02 Å². The second kappa shape index (κ2) is 6.25. The van der Waals surface area contributed by atoms with Gasteiger partial charge in [-0.25, -0.2) is 4.39 Å². The molecule has 0 spiro atoms. The highest BCUT2D eigenvalue weighted by Crippen LogP contribution is 2.27. The number of aryl methyl sites for hydroxylation is 1. The zero-order valence-electron chi connectivity index (χ0n) is 11.5. The molecule has 0 aliphatic rings. The molecule has 2 N–H and O–H groups in total. The van der Waals surface area contributed by atoms with Gasteiger partial charge in [-0.3, -0.25) is 0 Å².